The van der Waals surface area contributed by atoms with Gasteiger partial charge in [-0.1, -0.05) is 121 Å². The van der Waals surface area contributed by atoms with Gasteiger partial charge in [-0.3, -0.25) is 19.2 Å². The molecule has 8 bridgehead atoms. The molecule has 6 N–H and O–H groups in total. The topological polar surface area (TPSA) is 245 Å². The fourth-order valence-electron chi connectivity index (χ4n) is 14.0. The van der Waals surface area contributed by atoms with Gasteiger partial charge in [0.05, 0.1) is 48.1 Å². The summed E-state index contributed by atoms with van der Waals surface area (Å²) < 4.78 is 7.79. The first-order valence-corrected chi connectivity index (χ1v) is 35.1. The highest BCUT2D eigenvalue weighted by atomic mass is 16.2. The lowest BCUT2D eigenvalue weighted by Crippen LogP contribution is -2.13. The first-order valence-electron chi connectivity index (χ1n) is 35.1. The SMILES string of the molecule is O=C(Nc1ccccc1-c1c2nc(c(-c3ccccc3NC(=O)c3cccc(Cn4ccnc4)c3)c3ccc([nH]3)c(-c3ccccc3NC(=O)c3cccc(Cn4ccnc4)c3)c3nc(c(-c4ccccc4NC(=O)c4cccc(Cn5ccnc5)c4)c4ccc1[nH]4)C=C3)C=C2)c1cccc(Cn2ccnc2)c1. The Morgan fingerprint density at radius 1 is 0.287 bits per heavy atom. The fraction of sp³-hybridized carbons (Fsp3) is 0.0455. The summed E-state index contributed by atoms with van der Waals surface area (Å²) in [6.07, 6.45) is 29.3. The highest BCUT2D eigenvalue weighted by Gasteiger charge is 2.25. The van der Waals surface area contributed by atoms with E-state index in [4.69, 9.17) is 9.97 Å². The van der Waals surface area contributed by atoms with Crippen LogP contribution in [0.15, 0.2) is 293 Å². The highest BCUT2D eigenvalue weighted by molar-refractivity contribution is 6.13. The number of imidazole rings is 4. The van der Waals surface area contributed by atoms with E-state index in [1.807, 2.05) is 261 Å². The summed E-state index contributed by atoms with van der Waals surface area (Å²) in [5.41, 5.74) is 17.4. The number of H-pyrrole nitrogens is 2. The average molecular weight is 1410 g/mol. The Morgan fingerprint density at radius 2 is 0.528 bits per heavy atom. The zero-order valence-electron chi connectivity index (χ0n) is 58.0. The highest BCUT2D eigenvalue weighted by Crippen LogP contribution is 2.44. The Bertz CT molecular complexity index is 5450. The minimum atomic E-state index is -0.320. The molecule has 8 aromatic carbocycles. The van der Waals surface area contributed by atoms with Crippen molar-refractivity contribution >= 4 is 92.7 Å². The number of rotatable bonds is 20. The van der Waals surface area contributed by atoms with E-state index < -0.39 is 0 Å². The van der Waals surface area contributed by atoms with Crippen molar-refractivity contribution in [1.82, 2.24) is 58.1 Å². The molecule has 0 atom stereocenters. The first kappa shape index (κ1) is 66.3. The van der Waals surface area contributed by atoms with Crippen molar-refractivity contribution in [3.63, 3.8) is 0 Å². The summed E-state index contributed by atoms with van der Waals surface area (Å²) in [4.78, 5) is 95.1. The Kier molecular flexibility index (Phi) is 18.1. The number of amides is 4. The van der Waals surface area contributed by atoms with Crippen molar-refractivity contribution < 1.29 is 19.2 Å². The average Bonchev–Trinajstić information content (AvgIpc) is 1.59. The van der Waals surface area contributed by atoms with Gasteiger partial charge in [-0.15, -0.1) is 0 Å². The lowest BCUT2D eigenvalue weighted by molar-refractivity contribution is 0.101. The van der Waals surface area contributed by atoms with Crippen LogP contribution >= 0.6 is 0 Å². The van der Waals surface area contributed by atoms with Gasteiger partial charge in [-0.2, -0.15) is 0 Å². The second-order valence-corrected chi connectivity index (χ2v) is 26.2. The van der Waals surface area contributed by atoms with Gasteiger partial charge in [0.15, 0.2) is 0 Å². The largest absolute Gasteiger partial charge is 0.354 e. The molecule has 0 radical (unpaired) electrons. The van der Waals surface area contributed by atoms with Crippen LogP contribution in [0.4, 0.5) is 22.7 Å². The minimum absolute atomic E-state index is 0.320. The summed E-state index contributed by atoms with van der Waals surface area (Å²) in [5.74, 6) is -1.28. The molecule has 4 amide bonds. The molecule has 15 aromatic rings. The maximum atomic E-state index is 14.8. The van der Waals surface area contributed by atoms with Crippen LogP contribution < -0.4 is 21.3 Å². The van der Waals surface area contributed by atoms with Crippen molar-refractivity contribution in [2.24, 2.45) is 0 Å². The van der Waals surface area contributed by atoms with Crippen molar-refractivity contribution in [3.8, 4) is 44.5 Å². The number of hydrogen-bond acceptors (Lipinski definition) is 10. The number of para-hydroxylation sites is 4. The number of anilines is 4. The fourth-order valence-corrected chi connectivity index (χ4v) is 14.0. The van der Waals surface area contributed by atoms with Gasteiger partial charge in [-0.05, 0) is 144 Å². The van der Waals surface area contributed by atoms with Crippen LogP contribution in [0.25, 0.3) is 90.9 Å². The van der Waals surface area contributed by atoms with Gasteiger partial charge >= 0.3 is 0 Å². The third-order valence-corrected chi connectivity index (χ3v) is 19.0. The third-order valence-electron chi connectivity index (χ3n) is 19.0. The number of aromatic amines is 2. The predicted octanol–water partition coefficient (Wildman–Crippen LogP) is 17.3. The molecule has 20 nitrogen and oxygen atoms in total. The molecule has 17 rings (SSSR count). The molecule has 108 heavy (non-hydrogen) atoms. The molecule has 2 aliphatic rings. The predicted molar refractivity (Wildman–Crippen MR) is 423 cm³/mol. The van der Waals surface area contributed by atoms with Crippen LogP contribution in [0, 0.1) is 0 Å². The number of carbonyl (C=O) groups excluding carboxylic acids is 4. The molecule has 522 valence electrons. The van der Waals surface area contributed by atoms with Crippen molar-refractivity contribution in [2.75, 3.05) is 21.3 Å². The molecule has 0 saturated carbocycles. The van der Waals surface area contributed by atoms with E-state index >= 15 is 0 Å². The maximum Gasteiger partial charge on any atom is 0.255 e. The van der Waals surface area contributed by atoms with Crippen molar-refractivity contribution in [1.29, 1.82) is 0 Å². The molecule has 0 unspecified atom stereocenters. The summed E-state index contributed by atoms with van der Waals surface area (Å²) in [6, 6.07) is 68.8. The number of aromatic nitrogens is 12. The van der Waals surface area contributed by atoms with E-state index in [9.17, 15) is 19.2 Å². The minimum Gasteiger partial charge on any atom is -0.354 e. The number of carbonyl (C=O) groups is 4. The van der Waals surface area contributed by atoms with E-state index in [2.05, 4.69) is 51.2 Å². The van der Waals surface area contributed by atoms with Crippen molar-refractivity contribution in [3.05, 3.63) is 361 Å². The summed E-state index contributed by atoms with van der Waals surface area (Å²) in [6.45, 7) is 2.09. The molecule has 0 fully saturated rings. The normalized spacial score (nSPS) is 11.6. The van der Waals surface area contributed by atoms with E-state index in [1.165, 1.54) is 0 Å². The lowest BCUT2D eigenvalue weighted by atomic mass is 10.0. The summed E-state index contributed by atoms with van der Waals surface area (Å²) in [5, 5.41) is 13.2. The molecule has 0 spiro atoms. The Labute approximate surface area is 619 Å². The zero-order valence-corrected chi connectivity index (χ0v) is 58.0. The van der Waals surface area contributed by atoms with Gasteiger partial charge in [0.2, 0.25) is 0 Å². The van der Waals surface area contributed by atoms with Crippen LogP contribution in [-0.4, -0.2) is 81.8 Å². The van der Waals surface area contributed by atoms with Crippen molar-refractivity contribution in [2.45, 2.75) is 26.2 Å². The van der Waals surface area contributed by atoms with Gasteiger partial charge in [0.1, 0.15) is 0 Å². The number of fused-ring (bicyclic) bond motifs is 8. The van der Waals surface area contributed by atoms with Crippen LogP contribution in [0.2, 0.25) is 0 Å². The molecule has 2 aliphatic heterocycles. The summed E-state index contributed by atoms with van der Waals surface area (Å²) in [7, 11) is 0. The first-order chi connectivity index (χ1) is 53.1. The third kappa shape index (κ3) is 14.1. The van der Waals surface area contributed by atoms with Gasteiger partial charge in [-0.25, -0.2) is 29.9 Å². The molecule has 0 saturated heterocycles. The monoisotopic (exact) mass is 1410 g/mol. The molecular formula is C88H66N16O4. The van der Waals surface area contributed by atoms with Gasteiger partial charge < -0.3 is 49.5 Å². The Hall–Kier alpha value is -14.9. The Morgan fingerprint density at radius 3 is 0.759 bits per heavy atom. The molecule has 9 heterocycles. The number of benzene rings is 8. The summed E-state index contributed by atoms with van der Waals surface area (Å²) >= 11 is 0. The molecule has 0 aliphatic carbocycles. The lowest BCUT2D eigenvalue weighted by Gasteiger charge is -2.14. The van der Waals surface area contributed by atoms with Crippen LogP contribution in [0.5, 0.6) is 0 Å². The van der Waals surface area contributed by atoms with Crippen LogP contribution in [0.3, 0.4) is 0 Å². The van der Waals surface area contributed by atoms with Crippen LogP contribution in [-0.2, 0) is 26.2 Å². The second-order valence-electron chi connectivity index (χ2n) is 26.2. The molecule has 20 heteroatoms. The molecule has 7 aromatic heterocycles. The number of nitrogens with one attached hydrogen (secondary N) is 6. The van der Waals surface area contributed by atoms with Crippen LogP contribution in [0.1, 0.15) is 86.5 Å². The standard InChI is InChI=1S/C88H66N16O4/c105-85(61-17-9-13-57(45-61)49-101-41-37-89-53-101)97-69-25-5-1-21-65(69)81-73-29-31-75(93-73)82(66-22-2-6-26-70(66)98-86(106)62-18-10-14-58(46-62)50-102-42-38-90-54-102)77-33-35-79(95-77)84(68-24-4-8-28-72(68)100-88(108)64-20-12-16-60(48-64)52-104-44-40-92-56-104)80-36-34-78(96-80)83(76-32-30-74(81)94-76)67-23-3-7-27-71(67)99-87(107)63-19-11-15-59(47-63)51-103-43-39-91-55-103/h1-48,53-56,93,96H,49-52H2,(H,97,105)(H,98,106)(H,99,107)(H,100,108). The van der Waals surface area contributed by atoms with E-state index in [1.54, 1.807) is 74.4 Å². The quantitative estimate of drug-likeness (QED) is 0.0421. The van der Waals surface area contributed by atoms with E-state index in [0.717, 1.165) is 22.3 Å². The number of nitrogens with zero attached hydrogens (tertiary/aromatic N) is 10. The zero-order chi connectivity index (χ0) is 72.9. The molecular weight excluding hydrogens is 1350 g/mol. The van der Waals surface area contributed by atoms with E-state index in [-0.39, 0.29) is 23.6 Å². The Balaban J connectivity index is 0.879. The van der Waals surface area contributed by atoms with E-state index in [0.29, 0.717) is 161 Å². The van der Waals surface area contributed by atoms with Gasteiger partial charge in [0.25, 0.3) is 23.6 Å². The van der Waals surface area contributed by atoms with Gasteiger partial charge in [0, 0.05) is 187 Å². The number of hydrogen-bond donors (Lipinski definition) is 6. The second kappa shape index (κ2) is 29.4. The smallest absolute Gasteiger partial charge is 0.255 e. The maximum absolute atomic E-state index is 14.8.